The van der Waals surface area contributed by atoms with Crippen LogP contribution in [0.15, 0.2) is 12.1 Å². The molecule has 5 nitrogen and oxygen atoms in total. The Morgan fingerprint density at radius 2 is 1.76 bits per heavy atom. The van der Waals surface area contributed by atoms with Gasteiger partial charge in [-0.1, -0.05) is 33.7 Å². The number of phenolic OH excluding ortho intramolecular Hbond substituents is 1. The first-order valence-corrected chi connectivity index (χ1v) is 8.96. The average Bonchev–Trinajstić information content (AvgIpc) is 2.42. The third-order valence-corrected chi connectivity index (χ3v) is 5.18. The van der Waals surface area contributed by atoms with Gasteiger partial charge < -0.3 is 15.5 Å². The monoisotopic (exact) mass is 329 g/mol. The highest BCUT2D eigenvalue weighted by Gasteiger charge is 2.15. The molecule has 21 heavy (non-hydrogen) atoms. The molecular weight excluding hydrogens is 310 g/mol. The average molecular weight is 329 g/mol. The molecular formula is C14H19NO4S2. The molecule has 0 spiro atoms. The molecule has 0 aromatic heterocycles. The van der Waals surface area contributed by atoms with Gasteiger partial charge in [0.1, 0.15) is 5.75 Å². The summed E-state index contributed by atoms with van der Waals surface area (Å²) in [6.45, 7) is 4.00. The number of nitrogens with one attached hydrogen (secondary N) is 1. The molecule has 0 bridgehead atoms. The lowest BCUT2D eigenvalue weighted by atomic mass is 10.0. The zero-order valence-corrected chi connectivity index (χ0v) is 13.6. The van der Waals surface area contributed by atoms with Crippen molar-refractivity contribution in [3.8, 4) is 5.75 Å². The van der Waals surface area contributed by atoms with E-state index < -0.39 is 5.97 Å². The van der Waals surface area contributed by atoms with Gasteiger partial charge >= 0.3 is 5.97 Å². The van der Waals surface area contributed by atoms with E-state index in [9.17, 15) is 14.7 Å². The van der Waals surface area contributed by atoms with Crippen LogP contribution >= 0.6 is 21.6 Å². The lowest BCUT2D eigenvalue weighted by Crippen LogP contribution is -2.26. The van der Waals surface area contributed by atoms with Gasteiger partial charge in [-0.15, -0.1) is 0 Å². The van der Waals surface area contributed by atoms with Crippen LogP contribution in [0.5, 0.6) is 5.75 Å². The van der Waals surface area contributed by atoms with Crippen molar-refractivity contribution in [2.24, 2.45) is 0 Å². The summed E-state index contributed by atoms with van der Waals surface area (Å²) >= 11 is 0. The second-order valence-electron chi connectivity index (χ2n) is 4.47. The van der Waals surface area contributed by atoms with Gasteiger partial charge in [0.05, 0.1) is 12.0 Å². The van der Waals surface area contributed by atoms with Crippen molar-refractivity contribution in [3.63, 3.8) is 0 Å². The van der Waals surface area contributed by atoms with Crippen molar-refractivity contribution < 1.29 is 19.8 Å². The Labute approximate surface area is 131 Å². The van der Waals surface area contributed by atoms with E-state index in [-0.39, 0.29) is 18.1 Å². The number of amides is 1. The fraction of sp³-hybridized carbons (Fsp3) is 0.429. The lowest BCUT2D eigenvalue weighted by Gasteiger charge is -2.11. The number of carbonyl (C=O) groups excluding carboxylic acids is 1. The first kappa shape index (κ1) is 17.7. The molecule has 0 aliphatic carbocycles. The Balaban J connectivity index is 2.35. The van der Waals surface area contributed by atoms with Crippen LogP contribution in [0.1, 0.15) is 27.9 Å². The van der Waals surface area contributed by atoms with Crippen LogP contribution in [0.2, 0.25) is 0 Å². The highest BCUT2D eigenvalue weighted by molar-refractivity contribution is 8.76. The molecule has 0 unspecified atom stereocenters. The quantitative estimate of drug-likeness (QED) is 0.502. The first-order valence-electron chi connectivity index (χ1n) is 6.47. The third-order valence-electron chi connectivity index (χ3n) is 2.77. The molecule has 0 aliphatic rings. The predicted molar refractivity (Wildman–Crippen MR) is 87.1 cm³/mol. The summed E-state index contributed by atoms with van der Waals surface area (Å²) in [6.07, 6.45) is 0.139. The smallest absolute Gasteiger partial charge is 0.304 e. The Morgan fingerprint density at radius 3 is 2.43 bits per heavy atom. The molecule has 7 heteroatoms. The number of carboxylic acid groups (broad SMARTS) is 1. The minimum absolute atomic E-state index is 0.0241. The number of phenols is 1. The summed E-state index contributed by atoms with van der Waals surface area (Å²) in [6, 6.07) is 3.58. The maximum Gasteiger partial charge on any atom is 0.304 e. The standard InChI is InChI=1S/C14H19NO4S2/c1-9-3-4-10(2)13(18)12(9)14(19)15-6-8-21-20-7-5-11(16)17/h3-4,18H,5-8H2,1-2H3,(H,15,19)(H,16,17). The van der Waals surface area contributed by atoms with E-state index in [2.05, 4.69) is 5.32 Å². The van der Waals surface area contributed by atoms with Crippen molar-refractivity contribution in [2.75, 3.05) is 18.1 Å². The van der Waals surface area contributed by atoms with Gasteiger partial charge in [0.15, 0.2) is 0 Å². The molecule has 1 aromatic rings. The van der Waals surface area contributed by atoms with E-state index in [1.807, 2.05) is 0 Å². The number of carbonyl (C=O) groups is 2. The number of aryl methyl sites for hydroxylation is 2. The second-order valence-corrected chi connectivity index (χ2v) is 7.17. The van der Waals surface area contributed by atoms with Gasteiger partial charge in [-0.05, 0) is 25.0 Å². The lowest BCUT2D eigenvalue weighted by molar-refractivity contribution is -0.136. The van der Waals surface area contributed by atoms with E-state index in [0.29, 0.717) is 29.2 Å². The van der Waals surface area contributed by atoms with Crippen LogP contribution < -0.4 is 5.32 Å². The van der Waals surface area contributed by atoms with Crippen molar-refractivity contribution in [1.82, 2.24) is 5.32 Å². The van der Waals surface area contributed by atoms with Gasteiger partial charge in [0.2, 0.25) is 0 Å². The Morgan fingerprint density at radius 1 is 1.14 bits per heavy atom. The number of hydrogen-bond donors (Lipinski definition) is 3. The number of benzene rings is 1. The fourth-order valence-corrected chi connectivity index (χ4v) is 3.51. The van der Waals surface area contributed by atoms with E-state index in [1.54, 1.807) is 26.0 Å². The SMILES string of the molecule is Cc1ccc(C)c(C(=O)NCCSSCCC(=O)O)c1O. The van der Waals surface area contributed by atoms with E-state index in [0.717, 1.165) is 5.56 Å². The largest absolute Gasteiger partial charge is 0.507 e. The molecule has 116 valence electrons. The van der Waals surface area contributed by atoms with Gasteiger partial charge in [-0.3, -0.25) is 9.59 Å². The number of hydrogen-bond acceptors (Lipinski definition) is 5. The van der Waals surface area contributed by atoms with Crippen LogP contribution in [0.4, 0.5) is 0 Å². The van der Waals surface area contributed by atoms with Crippen molar-refractivity contribution >= 4 is 33.5 Å². The van der Waals surface area contributed by atoms with Crippen molar-refractivity contribution in [3.05, 3.63) is 28.8 Å². The summed E-state index contributed by atoms with van der Waals surface area (Å²) < 4.78 is 0. The van der Waals surface area contributed by atoms with Gasteiger partial charge in [0, 0.05) is 18.1 Å². The summed E-state index contributed by atoms with van der Waals surface area (Å²) in [5.74, 6) is 0.163. The topological polar surface area (TPSA) is 86.6 Å². The molecule has 3 N–H and O–H groups in total. The molecule has 0 aliphatic heterocycles. The Bertz CT molecular complexity index is 520. The summed E-state index contributed by atoms with van der Waals surface area (Å²) in [4.78, 5) is 22.4. The molecule has 1 aromatic carbocycles. The molecule has 1 amide bonds. The Kier molecular flexibility index (Phi) is 7.45. The summed E-state index contributed by atoms with van der Waals surface area (Å²) in [5, 5.41) is 21.2. The summed E-state index contributed by atoms with van der Waals surface area (Å²) in [5.41, 5.74) is 1.72. The number of carboxylic acids is 1. The molecule has 1 rings (SSSR count). The van der Waals surface area contributed by atoms with Crippen LogP contribution in [0, 0.1) is 13.8 Å². The zero-order valence-electron chi connectivity index (χ0n) is 12.0. The van der Waals surface area contributed by atoms with Crippen molar-refractivity contribution in [1.29, 1.82) is 0 Å². The minimum Gasteiger partial charge on any atom is -0.507 e. The Hall–Kier alpha value is -1.34. The number of aromatic hydroxyl groups is 1. The van der Waals surface area contributed by atoms with Crippen molar-refractivity contribution in [2.45, 2.75) is 20.3 Å². The molecule has 0 heterocycles. The normalized spacial score (nSPS) is 10.4. The van der Waals surface area contributed by atoms with Crippen LogP contribution in [0.25, 0.3) is 0 Å². The van der Waals surface area contributed by atoms with E-state index >= 15 is 0 Å². The fourth-order valence-electron chi connectivity index (χ4n) is 1.62. The molecule has 0 saturated carbocycles. The maximum absolute atomic E-state index is 12.1. The highest BCUT2D eigenvalue weighted by Crippen LogP contribution is 2.25. The van der Waals surface area contributed by atoms with E-state index in [1.165, 1.54) is 21.6 Å². The molecule has 0 atom stereocenters. The maximum atomic E-state index is 12.1. The highest BCUT2D eigenvalue weighted by atomic mass is 33.1. The molecule has 0 radical (unpaired) electrons. The molecule has 0 fully saturated rings. The summed E-state index contributed by atoms with van der Waals surface area (Å²) in [7, 11) is 2.99. The van der Waals surface area contributed by atoms with Crippen LogP contribution in [-0.2, 0) is 4.79 Å². The predicted octanol–water partition coefficient (Wildman–Crippen LogP) is 2.59. The second kappa shape index (κ2) is 8.84. The van der Waals surface area contributed by atoms with Crippen LogP contribution in [0.3, 0.4) is 0 Å². The molecule has 0 saturated heterocycles. The van der Waals surface area contributed by atoms with Gasteiger partial charge in [-0.25, -0.2) is 0 Å². The number of aliphatic carboxylic acids is 1. The van der Waals surface area contributed by atoms with Crippen LogP contribution in [-0.4, -0.2) is 40.1 Å². The van der Waals surface area contributed by atoms with E-state index in [4.69, 9.17) is 5.11 Å². The van der Waals surface area contributed by atoms with Gasteiger partial charge in [-0.2, -0.15) is 0 Å². The minimum atomic E-state index is -0.804. The first-order chi connectivity index (χ1) is 9.93. The third kappa shape index (κ3) is 5.89. The van der Waals surface area contributed by atoms with Gasteiger partial charge in [0.25, 0.3) is 5.91 Å². The number of rotatable bonds is 8. The zero-order chi connectivity index (χ0) is 15.8.